The average molecular weight is 416 g/mol. The quantitative estimate of drug-likeness (QED) is 0.643. The third-order valence-electron chi connectivity index (χ3n) is 3.37. The van der Waals surface area contributed by atoms with Gasteiger partial charge in [-0.15, -0.1) is 0 Å². The summed E-state index contributed by atoms with van der Waals surface area (Å²) in [4.78, 5) is 23.7. The predicted octanol–water partition coefficient (Wildman–Crippen LogP) is 3.99. The third kappa shape index (κ3) is 4.27. The summed E-state index contributed by atoms with van der Waals surface area (Å²) in [6.07, 6.45) is 0. The van der Waals surface area contributed by atoms with Gasteiger partial charge in [0.1, 0.15) is 11.5 Å². The maximum atomic E-state index is 12.5. The number of methoxy groups -OCH3 is 2. The number of carbonyl (C=O) groups is 2. The van der Waals surface area contributed by atoms with E-state index >= 15 is 0 Å². The number of urea groups is 1. The van der Waals surface area contributed by atoms with Crippen molar-refractivity contribution < 1.29 is 19.1 Å². The molecule has 0 atom stereocenters. The molecular weight excluding hydrogens is 401 g/mol. The van der Waals surface area contributed by atoms with Gasteiger partial charge in [0.05, 0.1) is 35.6 Å². The number of ether oxygens (including phenoxy) is 2. The molecule has 0 aliphatic heterocycles. The first-order valence-corrected chi connectivity index (χ1v) is 8.25. The van der Waals surface area contributed by atoms with Crippen molar-refractivity contribution in [1.29, 1.82) is 0 Å². The monoisotopic (exact) mass is 415 g/mol. The number of hydrogen-bond acceptors (Lipinski definition) is 5. The predicted molar refractivity (Wildman–Crippen MR) is 105 cm³/mol. The number of benzene rings is 2. The van der Waals surface area contributed by atoms with Crippen LogP contribution in [0.2, 0.25) is 10.0 Å². The van der Waals surface area contributed by atoms with Crippen LogP contribution in [-0.4, -0.2) is 26.2 Å². The van der Waals surface area contributed by atoms with Crippen molar-refractivity contribution in [3.05, 3.63) is 45.9 Å². The Labute approximate surface area is 165 Å². The minimum Gasteiger partial charge on any atom is -0.495 e. The number of anilines is 2. The number of nitrogens with two attached hydrogens (primary N) is 1. The van der Waals surface area contributed by atoms with Crippen LogP contribution in [0.5, 0.6) is 11.5 Å². The van der Waals surface area contributed by atoms with E-state index in [9.17, 15) is 9.59 Å². The van der Waals surface area contributed by atoms with E-state index in [0.717, 1.165) is 4.31 Å². The lowest BCUT2D eigenvalue weighted by molar-refractivity contribution is 0.100. The number of carbonyl (C=O) groups excluding carboxylic acids is 2. The maximum absolute atomic E-state index is 12.5. The summed E-state index contributed by atoms with van der Waals surface area (Å²) in [6, 6.07) is 6.63. The fraction of sp³-hybridized carbons (Fsp3) is 0.125. The Kier molecular flexibility index (Phi) is 6.47. The van der Waals surface area contributed by atoms with Crippen LogP contribution in [0.1, 0.15) is 10.4 Å². The molecule has 7 nitrogen and oxygen atoms in total. The van der Waals surface area contributed by atoms with Crippen LogP contribution in [0.4, 0.5) is 16.2 Å². The molecule has 138 valence electrons. The molecule has 0 aromatic heterocycles. The molecule has 0 spiro atoms. The van der Waals surface area contributed by atoms with Crippen LogP contribution < -0.4 is 24.8 Å². The zero-order valence-electron chi connectivity index (χ0n) is 13.7. The first-order valence-electron chi connectivity index (χ1n) is 7.09. The Morgan fingerprint density at radius 3 is 2.27 bits per heavy atom. The summed E-state index contributed by atoms with van der Waals surface area (Å²) in [5.41, 5.74) is 5.98. The zero-order valence-corrected chi connectivity index (χ0v) is 16.2. The molecule has 0 fully saturated rings. The lowest BCUT2D eigenvalue weighted by Crippen LogP contribution is -2.27. The highest BCUT2D eigenvalue weighted by atomic mass is 35.5. The van der Waals surface area contributed by atoms with Crippen LogP contribution in [0, 0.1) is 0 Å². The van der Waals surface area contributed by atoms with Gasteiger partial charge in [-0.05, 0) is 24.3 Å². The van der Waals surface area contributed by atoms with Gasteiger partial charge in [0.25, 0.3) is 0 Å². The van der Waals surface area contributed by atoms with Gasteiger partial charge in [0, 0.05) is 11.6 Å². The lowest BCUT2D eigenvalue weighted by atomic mass is 10.2. The summed E-state index contributed by atoms with van der Waals surface area (Å²) in [7, 11) is 2.91. The van der Waals surface area contributed by atoms with Crippen LogP contribution in [0.15, 0.2) is 30.3 Å². The molecule has 2 aromatic carbocycles. The van der Waals surface area contributed by atoms with Crippen molar-refractivity contribution in [2.75, 3.05) is 23.8 Å². The molecular formula is C16H15Cl2N3O4S. The Balaban J connectivity index is 2.27. The summed E-state index contributed by atoms with van der Waals surface area (Å²) >= 11 is 16.3. The Morgan fingerprint density at radius 2 is 1.73 bits per heavy atom. The van der Waals surface area contributed by atoms with E-state index in [1.165, 1.54) is 44.6 Å². The number of hydrogen-bond donors (Lipinski definition) is 3. The smallest absolute Gasteiger partial charge is 0.336 e. The summed E-state index contributed by atoms with van der Waals surface area (Å²) in [5.74, 6) is 0.108. The molecule has 10 heteroatoms. The van der Waals surface area contributed by atoms with Gasteiger partial charge < -0.3 is 20.5 Å². The molecule has 2 aromatic rings. The van der Waals surface area contributed by atoms with E-state index in [1.807, 2.05) is 0 Å². The number of nitrogens with one attached hydrogen (secondary N) is 1. The second-order valence-electron chi connectivity index (χ2n) is 4.96. The highest BCUT2D eigenvalue weighted by Crippen LogP contribution is 2.36. The highest BCUT2D eigenvalue weighted by molar-refractivity contribution is 7.82. The number of nitrogens with zero attached hydrogens (tertiary/aromatic N) is 1. The van der Waals surface area contributed by atoms with Crippen molar-refractivity contribution in [3.8, 4) is 11.5 Å². The molecule has 0 unspecified atom stereocenters. The molecule has 0 radical (unpaired) electrons. The molecule has 0 saturated heterocycles. The fourth-order valence-corrected chi connectivity index (χ4v) is 2.86. The van der Waals surface area contributed by atoms with Crippen molar-refractivity contribution in [2.24, 2.45) is 5.73 Å². The van der Waals surface area contributed by atoms with Gasteiger partial charge in [0.2, 0.25) is 5.91 Å². The molecule has 3 N–H and O–H groups in total. The van der Waals surface area contributed by atoms with Crippen LogP contribution in [0.3, 0.4) is 0 Å². The fourth-order valence-electron chi connectivity index (χ4n) is 2.07. The van der Waals surface area contributed by atoms with Crippen molar-refractivity contribution in [2.45, 2.75) is 0 Å². The van der Waals surface area contributed by atoms with E-state index in [1.54, 1.807) is 0 Å². The van der Waals surface area contributed by atoms with Gasteiger partial charge in [-0.2, -0.15) is 0 Å². The summed E-state index contributed by atoms with van der Waals surface area (Å²) in [6.45, 7) is 0. The number of rotatable bonds is 5. The van der Waals surface area contributed by atoms with E-state index < -0.39 is 11.9 Å². The Hall–Kier alpha value is -2.29. The normalized spacial score (nSPS) is 10.2. The van der Waals surface area contributed by atoms with Gasteiger partial charge in [0.15, 0.2) is 0 Å². The molecule has 0 aliphatic carbocycles. The standard InChI is InChI=1S/C16H15Cl2N3O4S/c1-24-13-7-14(25-2)11(6-10(13)18)20-16(23)21(26)12-4-3-8(15(19)22)5-9(12)17/h3-7,26H,1-2H3,(H2,19,22)(H,20,23). The lowest BCUT2D eigenvalue weighted by Gasteiger charge is -2.19. The third-order valence-corrected chi connectivity index (χ3v) is 4.36. The van der Waals surface area contributed by atoms with Crippen molar-refractivity contribution in [1.82, 2.24) is 0 Å². The van der Waals surface area contributed by atoms with E-state index in [0.29, 0.717) is 17.2 Å². The minimum atomic E-state index is -0.633. The highest BCUT2D eigenvalue weighted by Gasteiger charge is 2.19. The van der Waals surface area contributed by atoms with Crippen molar-refractivity contribution >= 4 is 59.3 Å². The summed E-state index contributed by atoms with van der Waals surface area (Å²) < 4.78 is 11.3. The molecule has 0 bridgehead atoms. The van der Waals surface area contributed by atoms with Crippen LogP contribution >= 0.6 is 36.0 Å². The number of thiol groups is 1. The van der Waals surface area contributed by atoms with E-state index in [-0.39, 0.29) is 21.3 Å². The van der Waals surface area contributed by atoms with Crippen LogP contribution in [0.25, 0.3) is 0 Å². The molecule has 0 saturated carbocycles. The first-order chi connectivity index (χ1) is 12.3. The number of amides is 3. The second kappa shape index (κ2) is 8.39. The van der Waals surface area contributed by atoms with E-state index in [2.05, 4.69) is 18.1 Å². The SMILES string of the molecule is COc1cc(OC)c(NC(=O)N(S)c2ccc(C(N)=O)cc2Cl)cc1Cl. The van der Waals surface area contributed by atoms with Gasteiger partial charge in [-0.25, -0.2) is 9.10 Å². The molecule has 0 aliphatic rings. The topological polar surface area (TPSA) is 93.9 Å². The largest absolute Gasteiger partial charge is 0.495 e. The summed E-state index contributed by atoms with van der Waals surface area (Å²) in [5, 5.41) is 3.03. The molecule has 0 heterocycles. The van der Waals surface area contributed by atoms with Gasteiger partial charge in [-0.3, -0.25) is 4.79 Å². The van der Waals surface area contributed by atoms with Crippen LogP contribution in [-0.2, 0) is 0 Å². The molecule has 26 heavy (non-hydrogen) atoms. The zero-order chi connectivity index (χ0) is 19.4. The van der Waals surface area contributed by atoms with E-state index in [4.69, 9.17) is 38.4 Å². The number of halogens is 2. The molecule has 2 rings (SSSR count). The average Bonchev–Trinajstić information content (AvgIpc) is 2.61. The van der Waals surface area contributed by atoms with Crippen molar-refractivity contribution in [3.63, 3.8) is 0 Å². The maximum Gasteiger partial charge on any atom is 0.336 e. The van der Waals surface area contributed by atoms with Gasteiger partial charge >= 0.3 is 6.03 Å². The van der Waals surface area contributed by atoms with Gasteiger partial charge in [-0.1, -0.05) is 36.0 Å². The second-order valence-corrected chi connectivity index (χ2v) is 6.17. The Bertz CT molecular complexity index is 864. The first kappa shape index (κ1) is 20.0. The number of primary amides is 1. The Morgan fingerprint density at radius 1 is 1.08 bits per heavy atom. The molecule has 3 amide bonds. The minimum absolute atomic E-state index is 0.131.